The van der Waals surface area contributed by atoms with Gasteiger partial charge in [0.2, 0.25) is 0 Å². The molecule has 21 heavy (non-hydrogen) atoms. The minimum atomic E-state index is -0.218. The van der Waals surface area contributed by atoms with Crippen molar-refractivity contribution >= 4 is 18.4 Å². The van der Waals surface area contributed by atoms with Gasteiger partial charge in [-0.3, -0.25) is 14.4 Å². The maximum atomic E-state index is 10.8. The minimum Gasteiger partial charge on any atom is -0.508 e. The lowest BCUT2D eigenvalue weighted by Gasteiger charge is -1.99. The molecule has 0 aliphatic rings. The fourth-order valence-corrected chi connectivity index (χ4v) is 1.52. The Hall–Kier alpha value is -2.95. The molecule has 0 fully saturated rings. The van der Waals surface area contributed by atoms with Crippen LogP contribution in [0.25, 0.3) is 0 Å². The van der Waals surface area contributed by atoms with Crippen LogP contribution in [-0.4, -0.2) is 28.6 Å². The fraction of sp³-hybridized carbons (Fsp3) is 0.0625. The second-order valence-corrected chi connectivity index (χ2v) is 4.16. The number of aldehydes is 2. The molecule has 2 aromatic rings. The molecule has 0 unspecified atom stereocenters. The molecule has 0 spiro atoms. The predicted molar refractivity (Wildman–Crippen MR) is 77.0 cm³/mol. The average molecular weight is 286 g/mol. The van der Waals surface area contributed by atoms with Crippen LogP contribution in [0.1, 0.15) is 38.0 Å². The Labute approximate surface area is 121 Å². The van der Waals surface area contributed by atoms with E-state index in [-0.39, 0.29) is 22.8 Å². The third kappa shape index (κ3) is 4.91. The van der Waals surface area contributed by atoms with Gasteiger partial charge in [0.1, 0.15) is 24.1 Å². The standard InChI is InChI=1S/C9H8O3.C7H6O2/c1-6(11)8-3-2-7(5-10)4-9(8)12;8-5-6-2-1-3-7(9)4-6/h2-5,12H,1H3;1-5,9H. The fourth-order valence-electron chi connectivity index (χ4n) is 1.52. The first-order valence-corrected chi connectivity index (χ1v) is 6.01. The molecule has 0 radical (unpaired) electrons. The van der Waals surface area contributed by atoms with Gasteiger partial charge in [-0.05, 0) is 31.2 Å². The summed E-state index contributed by atoms with van der Waals surface area (Å²) in [7, 11) is 0. The van der Waals surface area contributed by atoms with Crippen molar-refractivity contribution in [3.05, 3.63) is 59.2 Å². The van der Waals surface area contributed by atoms with Crippen molar-refractivity contribution in [3.8, 4) is 11.5 Å². The summed E-state index contributed by atoms with van der Waals surface area (Å²) in [6, 6.07) is 10.4. The van der Waals surface area contributed by atoms with Crippen LogP contribution in [0.5, 0.6) is 11.5 Å². The summed E-state index contributed by atoms with van der Waals surface area (Å²) in [4.78, 5) is 31.1. The molecule has 0 saturated carbocycles. The zero-order valence-corrected chi connectivity index (χ0v) is 11.3. The highest BCUT2D eigenvalue weighted by atomic mass is 16.3. The van der Waals surface area contributed by atoms with Gasteiger partial charge < -0.3 is 10.2 Å². The van der Waals surface area contributed by atoms with E-state index in [2.05, 4.69) is 0 Å². The molecule has 5 heteroatoms. The molecule has 0 atom stereocenters. The van der Waals surface area contributed by atoms with E-state index in [1.807, 2.05) is 0 Å². The Kier molecular flexibility index (Phi) is 5.82. The molecule has 0 aliphatic heterocycles. The quantitative estimate of drug-likeness (QED) is 0.668. The number of aromatic hydroxyl groups is 2. The van der Waals surface area contributed by atoms with E-state index in [1.54, 1.807) is 12.1 Å². The maximum Gasteiger partial charge on any atom is 0.163 e. The number of phenolic OH excluding ortho intramolecular Hbond substituents is 2. The normalized spacial score (nSPS) is 9.19. The van der Waals surface area contributed by atoms with Crippen LogP contribution in [0.2, 0.25) is 0 Å². The number of hydrogen-bond acceptors (Lipinski definition) is 5. The van der Waals surface area contributed by atoms with E-state index in [9.17, 15) is 19.5 Å². The zero-order chi connectivity index (χ0) is 15.8. The summed E-state index contributed by atoms with van der Waals surface area (Å²) < 4.78 is 0. The number of carbonyl (C=O) groups excluding carboxylic acids is 3. The van der Waals surface area contributed by atoms with Crippen LogP contribution >= 0.6 is 0 Å². The minimum absolute atomic E-state index is 0.125. The van der Waals surface area contributed by atoms with Gasteiger partial charge in [-0.1, -0.05) is 18.2 Å². The lowest BCUT2D eigenvalue weighted by Crippen LogP contribution is -1.93. The molecule has 2 aromatic carbocycles. The highest BCUT2D eigenvalue weighted by Gasteiger charge is 2.05. The Morgan fingerprint density at radius 1 is 0.952 bits per heavy atom. The number of hydrogen-bond donors (Lipinski definition) is 2. The average Bonchev–Trinajstić information content (AvgIpc) is 2.47. The number of benzene rings is 2. The van der Waals surface area contributed by atoms with Crippen LogP contribution in [-0.2, 0) is 0 Å². The Morgan fingerprint density at radius 2 is 1.57 bits per heavy atom. The summed E-state index contributed by atoms with van der Waals surface area (Å²) in [5.41, 5.74) is 1.09. The first-order chi connectivity index (χ1) is 9.97. The zero-order valence-electron chi connectivity index (χ0n) is 11.3. The van der Waals surface area contributed by atoms with Gasteiger partial charge in [-0.15, -0.1) is 0 Å². The second-order valence-electron chi connectivity index (χ2n) is 4.16. The molecular formula is C16H14O5. The van der Waals surface area contributed by atoms with Gasteiger partial charge in [0.15, 0.2) is 5.78 Å². The van der Waals surface area contributed by atoms with E-state index < -0.39 is 0 Å². The Bertz CT molecular complexity index is 661. The first kappa shape index (κ1) is 16.1. The highest BCUT2D eigenvalue weighted by molar-refractivity contribution is 5.97. The molecule has 0 heterocycles. The molecule has 2 rings (SSSR count). The largest absolute Gasteiger partial charge is 0.508 e. The number of rotatable bonds is 3. The Morgan fingerprint density at radius 3 is 2.00 bits per heavy atom. The summed E-state index contributed by atoms with van der Waals surface area (Å²) in [5, 5.41) is 18.0. The van der Waals surface area contributed by atoms with Crippen LogP contribution in [0.15, 0.2) is 42.5 Å². The van der Waals surface area contributed by atoms with Gasteiger partial charge in [-0.25, -0.2) is 0 Å². The van der Waals surface area contributed by atoms with Gasteiger partial charge >= 0.3 is 0 Å². The third-order valence-corrected chi connectivity index (χ3v) is 2.54. The van der Waals surface area contributed by atoms with Crippen molar-refractivity contribution in [1.29, 1.82) is 0 Å². The molecule has 2 N–H and O–H groups in total. The predicted octanol–water partition coefficient (Wildman–Crippen LogP) is 2.61. The number of carbonyl (C=O) groups is 3. The summed E-state index contributed by atoms with van der Waals surface area (Å²) in [6.07, 6.45) is 1.31. The van der Waals surface area contributed by atoms with Crippen molar-refractivity contribution < 1.29 is 24.6 Å². The highest BCUT2D eigenvalue weighted by Crippen LogP contribution is 2.18. The lowest BCUT2D eigenvalue weighted by atomic mass is 10.1. The van der Waals surface area contributed by atoms with E-state index in [0.717, 1.165) is 0 Å². The molecule has 108 valence electrons. The van der Waals surface area contributed by atoms with Crippen LogP contribution < -0.4 is 0 Å². The molecule has 0 amide bonds. The SMILES string of the molecule is CC(=O)c1ccc(C=O)cc1O.O=Cc1cccc(O)c1. The van der Waals surface area contributed by atoms with Crippen molar-refractivity contribution in [2.24, 2.45) is 0 Å². The van der Waals surface area contributed by atoms with Gasteiger partial charge in [0.05, 0.1) is 5.56 Å². The molecule has 0 aliphatic carbocycles. The second kappa shape index (κ2) is 7.59. The molecule has 0 bridgehead atoms. The summed E-state index contributed by atoms with van der Waals surface area (Å²) in [6.45, 7) is 1.36. The number of phenols is 2. The molecule has 5 nitrogen and oxygen atoms in total. The monoisotopic (exact) mass is 286 g/mol. The molecule has 0 aromatic heterocycles. The van der Waals surface area contributed by atoms with Gasteiger partial charge in [-0.2, -0.15) is 0 Å². The van der Waals surface area contributed by atoms with E-state index >= 15 is 0 Å². The maximum absolute atomic E-state index is 10.8. The van der Waals surface area contributed by atoms with Crippen molar-refractivity contribution in [2.75, 3.05) is 0 Å². The number of ketones is 1. The molecular weight excluding hydrogens is 272 g/mol. The van der Waals surface area contributed by atoms with Gasteiger partial charge in [0, 0.05) is 11.1 Å². The van der Waals surface area contributed by atoms with Crippen LogP contribution in [0.4, 0.5) is 0 Å². The van der Waals surface area contributed by atoms with E-state index in [4.69, 9.17) is 5.11 Å². The number of Topliss-reactive ketones (excluding diaryl/α,β-unsaturated/α-hetero) is 1. The molecule has 0 saturated heterocycles. The van der Waals surface area contributed by atoms with Gasteiger partial charge in [0.25, 0.3) is 0 Å². The lowest BCUT2D eigenvalue weighted by molar-refractivity contribution is 0.101. The van der Waals surface area contributed by atoms with E-state index in [0.29, 0.717) is 23.7 Å². The van der Waals surface area contributed by atoms with Crippen molar-refractivity contribution in [1.82, 2.24) is 0 Å². The smallest absolute Gasteiger partial charge is 0.163 e. The summed E-state index contributed by atoms with van der Waals surface area (Å²) >= 11 is 0. The van der Waals surface area contributed by atoms with E-state index in [1.165, 1.54) is 37.3 Å². The topological polar surface area (TPSA) is 91.7 Å². The van der Waals surface area contributed by atoms with Crippen molar-refractivity contribution in [2.45, 2.75) is 6.92 Å². The Balaban J connectivity index is 0.000000219. The summed E-state index contributed by atoms with van der Waals surface area (Å²) in [5.74, 6) is -0.239. The van der Waals surface area contributed by atoms with Crippen molar-refractivity contribution in [3.63, 3.8) is 0 Å². The van der Waals surface area contributed by atoms with Crippen LogP contribution in [0.3, 0.4) is 0 Å². The first-order valence-electron chi connectivity index (χ1n) is 6.01. The van der Waals surface area contributed by atoms with Crippen LogP contribution in [0, 0.1) is 0 Å². The third-order valence-electron chi connectivity index (χ3n) is 2.54.